The Morgan fingerprint density at radius 1 is 1.60 bits per heavy atom. The molecular formula is C10H14N2O2S. The molecule has 5 N–H and O–H groups in total. The van der Waals surface area contributed by atoms with Crippen molar-refractivity contribution in [2.24, 2.45) is 5.73 Å². The molecule has 15 heavy (non-hydrogen) atoms. The number of carboxylic acid groups (broad SMARTS) is 1. The first-order valence-corrected chi connectivity index (χ1v) is 5.46. The predicted molar refractivity (Wildman–Crippen MR) is 61.9 cm³/mol. The summed E-state index contributed by atoms with van der Waals surface area (Å²) in [5.41, 5.74) is 12.8. The van der Waals surface area contributed by atoms with Gasteiger partial charge in [0.2, 0.25) is 0 Å². The number of nitrogens with two attached hydrogens (primary N) is 2. The summed E-state index contributed by atoms with van der Waals surface area (Å²) in [6.45, 7) is 1.91. The number of carboxylic acids is 1. The first-order chi connectivity index (χ1) is 7.00. The second-order valence-corrected chi connectivity index (χ2v) is 4.37. The van der Waals surface area contributed by atoms with Crippen LogP contribution in [-0.2, 0) is 4.79 Å². The first kappa shape index (κ1) is 11.9. The summed E-state index contributed by atoms with van der Waals surface area (Å²) in [5.74, 6) is -0.617. The fourth-order valence-corrected chi connectivity index (χ4v) is 1.93. The quantitative estimate of drug-likeness (QED) is 0.528. The largest absolute Gasteiger partial charge is 0.480 e. The van der Waals surface area contributed by atoms with Crippen LogP contribution in [0.4, 0.5) is 5.69 Å². The fourth-order valence-electron chi connectivity index (χ4n) is 0.995. The summed E-state index contributed by atoms with van der Waals surface area (Å²) in [7, 11) is 0. The number of anilines is 1. The van der Waals surface area contributed by atoms with Crippen LogP contribution in [0, 0.1) is 6.92 Å². The number of aliphatic carboxylic acids is 1. The van der Waals surface area contributed by atoms with Crippen LogP contribution in [0.3, 0.4) is 0 Å². The maximum absolute atomic E-state index is 10.5. The van der Waals surface area contributed by atoms with Crippen LogP contribution in [0.15, 0.2) is 23.1 Å². The van der Waals surface area contributed by atoms with E-state index in [1.54, 1.807) is 0 Å². The molecule has 1 aromatic carbocycles. The lowest BCUT2D eigenvalue weighted by molar-refractivity contribution is -0.137. The van der Waals surface area contributed by atoms with Gasteiger partial charge in [-0.3, -0.25) is 4.79 Å². The summed E-state index contributed by atoms with van der Waals surface area (Å²) in [4.78, 5) is 11.5. The molecule has 0 amide bonds. The summed E-state index contributed by atoms with van der Waals surface area (Å²) in [6.07, 6.45) is 0. The van der Waals surface area contributed by atoms with Crippen LogP contribution in [0.5, 0.6) is 0 Å². The molecule has 1 unspecified atom stereocenters. The minimum absolute atomic E-state index is 0.360. The standard InChI is InChI=1S/C10H14N2O2S/c1-6-4-7(2-3-8(6)11)15-5-9(12)10(13)14/h2-4,9H,5,11-12H2,1H3,(H,13,14). The molecule has 5 heteroatoms. The molecule has 0 aliphatic carbocycles. The Hall–Kier alpha value is -1.20. The van der Waals surface area contributed by atoms with Crippen molar-refractivity contribution in [3.05, 3.63) is 23.8 Å². The van der Waals surface area contributed by atoms with Gasteiger partial charge >= 0.3 is 5.97 Å². The molecule has 0 aromatic heterocycles. The molecule has 0 spiro atoms. The average Bonchev–Trinajstić information content (AvgIpc) is 2.19. The van der Waals surface area contributed by atoms with Gasteiger partial charge in [-0.15, -0.1) is 11.8 Å². The Balaban J connectivity index is 2.58. The van der Waals surface area contributed by atoms with Crippen LogP contribution in [-0.4, -0.2) is 22.9 Å². The third-order valence-electron chi connectivity index (χ3n) is 1.99. The van der Waals surface area contributed by atoms with Crippen LogP contribution in [0.25, 0.3) is 0 Å². The normalized spacial score (nSPS) is 12.4. The van der Waals surface area contributed by atoms with E-state index < -0.39 is 12.0 Å². The SMILES string of the molecule is Cc1cc(SCC(N)C(=O)O)ccc1N. The number of benzene rings is 1. The van der Waals surface area contributed by atoms with Gasteiger partial charge < -0.3 is 16.6 Å². The van der Waals surface area contributed by atoms with Crippen molar-refractivity contribution in [1.29, 1.82) is 0 Å². The molecule has 1 atom stereocenters. The molecule has 0 radical (unpaired) electrons. The molecule has 4 nitrogen and oxygen atoms in total. The number of hydrogen-bond acceptors (Lipinski definition) is 4. The van der Waals surface area contributed by atoms with E-state index in [2.05, 4.69) is 0 Å². The second-order valence-electron chi connectivity index (χ2n) is 3.27. The Morgan fingerprint density at radius 3 is 2.80 bits per heavy atom. The first-order valence-electron chi connectivity index (χ1n) is 4.48. The van der Waals surface area contributed by atoms with Crippen LogP contribution >= 0.6 is 11.8 Å². The minimum atomic E-state index is -0.977. The lowest BCUT2D eigenvalue weighted by Crippen LogP contribution is -2.32. The molecule has 0 bridgehead atoms. The Morgan fingerprint density at radius 2 is 2.27 bits per heavy atom. The molecule has 0 aliphatic heterocycles. The summed E-state index contributed by atoms with van der Waals surface area (Å²) >= 11 is 1.42. The van der Waals surface area contributed by atoms with E-state index in [-0.39, 0.29) is 0 Å². The van der Waals surface area contributed by atoms with Gasteiger partial charge in [-0.25, -0.2) is 0 Å². The number of hydrogen-bond donors (Lipinski definition) is 3. The monoisotopic (exact) mass is 226 g/mol. The summed E-state index contributed by atoms with van der Waals surface area (Å²) < 4.78 is 0. The lowest BCUT2D eigenvalue weighted by Gasteiger charge is -2.07. The van der Waals surface area contributed by atoms with Crippen molar-refractivity contribution in [3.8, 4) is 0 Å². The number of carbonyl (C=O) groups is 1. The minimum Gasteiger partial charge on any atom is -0.480 e. The Labute approximate surface area is 92.6 Å². The lowest BCUT2D eigenvalue weighted by atomic mass is 10.2. The highest BCUT2D eigenvalue weighted by molar-refractivity contribution is 7.99. The maximum atomic E-state index is 10.5. The third kappa shape index (κ3) is 3.45. The summed E-state index contributed by atoms with van der Waals surface area (Å²) in [5, 5.41) is 8.60. The van der Waals surface area contributed by atoms with E-state index in [1.807, 2.05) is 25.1 Å². The van der Waals surface area contributed by atoms with Gasteiger partial charge in [-0.2, -0.15) is 0 Å². The van der Waals surface area contributed by atoms with Gasteiger partial charge in [0.05, 0.1) is 0 Å². The van der Waals surface area contributed by atoms with E-state index >= 15 is 0 Å². The van der Waals surface area contributed by atoms with Crippen molar-refractivity contribution in [3.63, 3.8) is 0 Å². The van der Waals surface area contributed by atoms with Crippen molar-refractivity contribution < 1.29 is 9.90 Å². The molecular weight excluding hydrogens is 212 g/mol. The zero-order chi connectivity index (χ0) is 11.4. The van der Waals surface area contributed by atoms with E-state index in [0.717, 1.165) is 16.1 Å². The highest BCUT2D eigenvalue weighted by Crippen LogP contribution is 2.22. The fraction of sp³-hybridized carbons (Fsp3) is 0.300. The molecule has 82 valence electrons. The summed E-state index contributed by atoms with van der Waals surface area (Å²) in [6, 6.07) is 4.77. The molecule has 0 saturated carbocycles. The highest BCUT2D eigenvalue weighted by atomic mass is 32.2. The number of aryl methyl sites for hydroxylation is 1. The van der Waals surface area contributed by atoms with Crippen molar-refractivity contribution in [2.45, 2.75) is 17.9 Å². The van der Waals surface area contributed by atoms with Crippen LogP contribution in [0.2, 0.25) is 0 Å². The average molecular weight is 226 g/mol. The van der Waals surface area contributed by atoms with Gasteiger partial charge in [0, 0.05) is 16.3 Å². The Kier molecular flexibility index (Phi) is 3.99. The van der Waals surface area contributed by atoms with E-state index in [4.69, 9.17) is 16.6 Å². The molecule has 1 aromatic rings. The maximum Gasteiger partial charge on any atom is 0.321 e. The highest BCUT2D eigenvalue weighted by Gasteiger charge is 2.11. The topological polar surface area (TPSA) is 89.3 Å². The molecule has 0 fully saturated rings. The molecule has 0 heterocycles. The smallest absolute Gasteiger partial charge is 0.321 e. The van der Waals surface area contributed by atoms with Gasteiger partial charge in [-0.1, -0.05) is 0 Å². The van der Waals surface area contributed by atoms with Gasteiger partial charge in [0.15, 0.2) is 0 Å². The van der Waals surface area contributed by atoms with Gasteiger partial charge in [-0.05, 0) is 30.7 Å². The van der Waals surface area contributed by atoms with Gasteiger partial charge in [0.1, 0.15) is 6.04 Å². The zero-order valence-electron chi connectivity index (χ0n) is 8.43. The molecule has 0 saturated heterocycles. The number of rotatable bonds is 4. The molecule has 1 rings (SSSR count). The zero-order valence-corrected chi connectivity index (χ0v) is 9.25. The van der Waals surface area contributed by atoms with Crippen LogP contribution in [0.1, 0.15) is 5.56 Å². The number of thioether (sulfide) groups is 1. The van der Waals surface area contributed by atoms with Crippen molar-refractivity contribution >= 4 is 23.4 Å². The number of nitrogen functional groups attached to an aromatic ring is 1. The second kappa shape index (κ2) is 5.04. The van der Waals surface area contributed by atoms with E-state index in [0.29, 0.717) is 5.75 Å². The third-order valence-corrected chi connectivity index (χ3v) is 3.10. The predicted octanol–water partition coefficient (Wildman–Crippen LogP) is 1.08. The van der Waals surface area contributed by atoms with Crippen LogP contribution < -0.4 is 11.5 Å². The van der Waals surface area contributed by atoms with Crippen molar-refractivity contribution in [1.82, 2.24) is 0 Å². The van der Waals surface area contributed by atoms with E-state index in [9.17, 15) is 4.79 Å². The Bertz CT molecular complexity index is 368. The molecule has 0 aliphatic rings. The van der Waals surface area contributed by atoms with Crippen molar-refractivity contribution in [2.75, 3.05) is 11.5 Å². The van der Waals surface area contributed by atoms with Gasteiger partial charge in [0.25, 0.3) is 0 Å². The van der Waals surface area contributed by atoms with E-state index in [1.165, 1.54) is 11.8 Å².